The summed E-state index contributed by atoms with van der Waals surface area (Å²) in [6.07, 6.45) is 0. The molecule has 0 fully saturated rings. The maximum atomic E-state index is 13.1. The quantitative estimate of drug-likeness (QED) is 0.848. The van der Waals surface area contributed by atoms with Crippen LogP contribution >= 0.6 is 0 Å². The van der Waals surface area contributed by atoms with Crippen molar-refractivity contribution in [3.63, 3.8) is 0 Å². The maximum absolute atomic E-state index is 13.1. The molecule has 1 amide bonds. The molecule has 0 spiro atoms. The molecule has 0 bridgehead atoms. The first-order chi connectivity index (χ1) is 11.0. The van der Waals surface area contributed by atoms with Gasteiger partial charge in [-0.25, -0.2) is 8.78 Å². The molecule has 0 aliphatic heterocycles. The van der Waals surface area contributed by atoms with Gasteiger partial charge in [0.1, 0.15) is 11.6 Å². The van der Waals surface area contributed by atoms with Crippen LogP contribution in [-0.4, -0.2) is 12.5 Å². The van der Waals surface area contributed by atoms with Crippen LogP contribution < -0.4 is 10.6 Å². The van der Waals surface area contributed by atoms with E-state index >= 15 is 0 Å². The smallest absolute Gasteiger partial charge is 0.238 e. The van der Waals surface area contributed by atoms with Crippen molar-refractivity contribution in [3.05, 3.63) is 65.7 Å². The first-order valence-electron chi connectivity index (χ1n) is 7.50. The fourth-order valence-electron chi connectivity index (χ4n) is 2.38. The lowest BCUT2D eigenvalue weighted by Gasteiger charge is -2.22. The van der Waals surface area contributed by atoms with Gasteiger partial charge in [0.2, 0.25) is 5.91 Å². The second kappa shape index (κ2) is 7.83. The fourth-order valence-corrected chi connectivity index (χ4v) is 2.38. The SMILES string of the molecule is CC(C)[C@H](NCC(=O)Nc1cccc(F)c1)c1ccc(F)cc1. The third kappa shape index (κ3) is 5.14. The zero-order valence-electron chi connectivity index (χ0n) is 13.1. The lowest BCUT2D eigenvalue weighted by Crippen LogP contribution is -2.33. The molecule has 2 aromatic rings. The molecule has 2 rings (SSSR count). The first kappa shape index (κ1) is 17.1. The van der Waals surface area contributed by atoms with Gasteiger partial charge >= 0.3 is 0 Å². The number of halogens is 2. The minimum absolute atomic E-state index is 0.0751. The summed E-state index contributed by atoms with van der Waals surface area (Å²) in [5.41, 5.74) is 1.33. The van der Waals surface area contributed by atoms with Crippen molar-refractivity contribution in [2.24, 2.45) is 5.92 Å². The van der Waals surface area contributed by atoms with Crippen LogP contribution in [0.15, 0.2) is 48.5 Å². The molecule has 0 radical (unpaired) electrons. The molecule has 0 unspecified atom stereocenters. The Balaban J connectivity index is 1.96. The van der Waals surface area contributed by atoms with E-state index in [-0.39, 0.29) is 30.2 Å². The molecule has 122 valence electrons. The molecule has 23 heavy (non-hydrogen) atoms. The van der Waals surface area contributed by atoms with Crippen LogP contribution in [0.25, 0.3) is 0 Å². The molecule has 0 saturated heterocycles. The second-order valence-electron chi connectivity index (χ2n) is 5.71. The predicted molar refractivity (Wildman–Crippen MR) is 87.0 cm³/mol. The summed E-state index contributed by atoms with van der Waals surface area (Å²) >= 11 is 0. The number of hydrogen-bond donors (Lipinski definition) is 2. The molecule has 1 atom stereocenters. The van der Waals surface area contributed by atoms with E-state index in [0.29, 0.717) is 5.69 Å². The third-order valence-electron chi connectivity index (χ3n) is 3.49. The molecule has 0 aromatic heterocycles. The topological polar surface area (TPSA) is 41.1 Å². The van der Waals surface area contributed by atoms with Crippen molar-refractivity contribution in [2.45, 2.75) is 19.9 Å². The Hall–Kier alpha value is -2.27. The van der Waals surface area contributed by atoms with Gasteiger partial charge in [-0.05, 0) is 41.8 Å². The molecule has 2 N–H and O–H groups in total. The first-order valence-corrected chi connectivity index (χ1v) is 7.50. The highest BCUT2D eigenvalue weighted by Gasteiger charge is 2.16. The predicted octanol–water partition coefficient (Wildman–Crippen LogP) is 3.89. The van der Waals surface area contributed by atoms with Gasteiger partial charge in [0, 0.05) is 11.7 Å². The van der Waals surface area contributed by atoms with Gasteiger partial charge in [-0.15, -0.1) is 0 Å². The standard InChI is InChI=1S/C18H20F2N2O/c1-12(2)18(13-6-8-14(19)9-7-13)21-11-17(23)22-16-5-3-4-15(20)10-16/h3-10,12,18,21H,11H2,1-2H3,(H,22,23)/t18-/m0/s1. The number of nitrogens with one attached hydrogen (secondary N) is 2. The average Bonchev–Trinajstić information content (AvgIpc) is 2.49. The summed E-state index contributed by atoms with van der Waals surface area (Å²) in [4.78, 5) is 12.0. The van der Waals surface area contributed by atoms with Gasteiger partial charge < -0.3 is 10.6 Å². The zero-order valence-corrected chi connectivity index (χ0v) is 13.1. The van der Waals surface area contributed by atoms with Crippen LogP contribution in [0.3, 0.4) is 0 Å². The van der Waals surface area contributed by atoms with Crippen LogP contribution in [-0.2, 0) is 4.79 Å². The molecule has 5 heteroatoms. The monoisotopic (exact) mass is 318 g/mol. The summed E-state index contributed by atoms with van der Waals surface area (Å²) in [6.45, 7) is 4.12. The highest BCUT2D eigenvalue weighted by atomic mass is 19.1. The van der Waals surface area contributed by atoms with Crippen molar-refractivity contribution >= 4 is 11.6 Å². The van der Waals surface area contributed by atoms with Crippen LogP contribution in [0.1, 0.15) is 25.5 Å². The van der Waals surface area contributed by atoms with E-state index in [1.54, 1.807) is 18.2 Å². The van der Waals surface area contributed by atoms with Gasteiger partial charge in [-0.3, -0.25) is 4.79 Å². The van der Waals surface area contributed by atoms with E-state index in [0.717, 1.165) is 5.56 Å². The molecule has 0 saturated carbocycles. The Morgan fingerprint density at radius 3 is 2.35 bits per heavy atom. The molecule has 0 heterocycles. The van der Waals surface area contributed by atoms with Gasteiger partial charge in [0.15, 0.2) is 0 Å². The van der Waals surface area contributed by atoms with Gasteiger partial charge in [-0.1, -0.05) is 32.0 Å². The minimum atomic E-state index is -0.401. The van der Waals surface area contributed by atoms with Crippen molar-refractivity contribution in [2.75, 3.05) is 11.9 Å². The van der Waals surface area contributed by atoms with Crippen molar-refractivity contribution in [1.82, 2.24) is 5.32 Å². The molecular weight excluding hydrogens is 298 g/mol. The molecule has 0 aliphatic rings. The van der Waals surface area contributed by atoms with E-state index in [4.69, 9.17) is 0 Å². The van der Waals surface area contributed by atoms with Crippen molar-refractivity contribution in [1.29, 1.82) is 0 Å². The molecule has 2 aromatic carbocycles. The highest BCUT2D eigenvalue weighted by Crippen LogP contribution is 2.21. The number of amides is 1. The van der Waals surface area contributed by atoms with E-state index in [9.17, 15) is 13.6 Å². The van der Waals surface area contributed by atoms with Crippen LogP contribution in [0.5, 0.6) is 0 Å². The largest absolute Gasteiger partial charge is 0.325 e. The maximum Gasteiger partial charge on any atom is 0.238 e. The van der Waals surface area contributed by atoms with E-state index in [2.05, 4.69) is 10.6 Å². The van der Waals surface area contributed by atoms with E-state index < -0.39 is 5.82 Å². The third-order valence-corrected chi connectivity index (χ3v) is 3.49. The summed E-state index contributed by atoms with van der Waals surface area (Å²) in [5, 5.41) is 5.80. The molecular formula is C18H20F2N2O. The number of hydrogen-bond acceptors (Lipinski definition) is 2. The molecule has 3 nitrogen and oxygen atoms in total. The van der Waals surface area contributed by atoms with Crippen LogP contribution in [0.4, 0.5) is 14.5 Å². The Bertz CT molecular complexity index is 656. The minimum Gasteiger partial charge on any atom is -0.325 e. The van der Waals surface area contributed by atoms with Crippen LogP contribution in [0, 0.1) is 17.6 Å². The zero-order chi connectivity index (χ0) is 16.8. The van der Waals surface area contributed by atoms with Crippen LogP contribution in [0.2, 0.25) is 0 Å². The lowest BCUT2D eigenvalue weighted by atomic mass is 9.96. The summed E-state index contributed by atoms with van der Waals surface area (Å²) in [7, 11) is 0. The lowest BCUT2D eigenvalue weighted by molar-refractivity contribution is -0.115. The van der Waals surface area contributed by atoms with E-state index in [1.165, 1.54) is 30.3 Å². The Labute approximate surface area is 134 Å². The number of carbonyl (C=O) groups is 1. The number of benzene rings is 2. The van der Waals surface area contributed by atoms with Gasteiger partial charge in [-0.2, -0.15) is 0 Å². The number of anilines is 1. The highest BCUT2D eigenvalue weighted by molar-refractivity contribution is 5.92. The normalized spacial score (nSPS) is 12.2. The Kier molecular flexibility index (Phi) is 5.82. The van der Waals surface area contributed by atoms with Crippen molar-refractivity contribution < 1.29 is 13.6 Å². The number of rotatable bonds is 6. The Morgan fingerprint density at radius 2 is 1.74 bits per heavy atom. The van der Waals surface area contributed by atoms with Gasteiger partial charge in [0.25, 0.3) is 0 Å². The molecule has 0 aliphatic carbocycles. The number of carbonyl (C=O) groups excluding carboxylic acids is 1. The summed E-state index contributed by atoms with van der Waals surface area (Å²) in [6, 6.07) is 11.9. The summed E-state index contributed by atoms with van der Waals surface area (Å²) < 4.78 is 26.1. The fraction of sp³-hybridized carbons (Fsp3) is 0.278. The second-order valence-corrected chi connectivity index (χ2v) is 5.71. The summed E-state index contributed by atoms with van der Waals surface area (Å²) in [5.74, 6) is -0.729. The Morgan fingerprint density at radius 1 is 1.04 bits per heavy atom. The van der Waals surface area contributed by atoms with Gasteiger partial charge in [0.05, 0.1) is 6.54 Å². The van der Waals surface area contributed by atoms with Crippen molar-refractivity contribution in [3.8, 4) is 0 Å². The average molecular weight is 318 g/mol. The van der Waals surface area contributed by atoms with E-state index in [1.807, 2.05) is 13.8 Å².